The molecule has 0 amide bonds. The Morgan fingerprint density at radius 2 is 2.00 bits per heavy atom. The standard InChI is InChI=1S/C21H23NO4/c1-13(2)4-5-15-10-17-18(22-24)11-20(14-6-8-16(23)9-7-14)26-21(17)12-19(15)25-3/h4,6-10,12,20,23-24H,5,11H2,1-3H3/b22-18+/t20-/m0/s1. The molecule has 0 bridgehead atoms. The quantitative estimate of drug-likeness (QED) is 0.478. The summed E-state index contributed by atoms with van der Waals surface area (Å²) in [6.07, 6.45) is 3.02. The molecule has 1 heterocycles. The number of hydrogen-bond donors (Lipinski definition) is 2. The van der Waals surface area contributed by atoms with Gasteiger partial charge in [-0.2, -0.15) is 0 Å². The third-order valence-corrected chi connectivity index (χ3v) is 4.46. The van der Waals surface area contributed by atoms with Crippen molar-refractivity contribution < 1.29 is 19.8 Å². The van der Waals surface area contributed by atoms with E-state index in [0.717, 1.165) is 28.9 Å². The molecule has 0 unspecified atom stereocenters. The summed E-state index contributed by atoms with van der Waals surface area (Å²) in [5, 5.41) is 22.5. The summed E-state index contributed by atoms with van der Waals surface area (Å²) < 4.78 is 11.7. The van der Waals surface area contributed by atoms with Gasteiger partial charge in [0.15, 0.2) is 0 Å². The zero-order valence-electron chi connectivity index (χ0n) is 15.2. The molecule has 0 aromatic heterocycles. The van der Waals surface area contributed by atoms with Gasteiger partial charge in [-0.15, -0.1) is 0 Å². The van der Waals surface area contributed by atoms with Crippen molar-refractivity contribution in [2.75, 3.05) is 7.11 Å². The smallest absolute Gasteiger partial charge is 0.133 e. The lowest BCUT2D eigenvalue weighted by Crippen LogP contribution is -2.21. The first-order valence-corrected chi connectivity index (χ1v) is 8.53. The summed E-state index contributed by atoms with van der Waals surface area (Å²) in [4.78, 5) is 0. The Balaban J connectivity index is 1.99. The molecule has 1 atom stereocenters. The van der Waals surface area contributed by atoms with Crippen molar-refractivity contribution in [1.29, 1.82) is 0 Å². The summed E-state index contributed by atoms with van der Waals surface area (Å²) in [5.74, 6) is 1.57. The Morgan fingerprint density at radius 3 is 2.62 bits per heavy atom. The van der Waals surface area contributed by atoms with Crippen LogP contribution in [0.15, 0.2) is 53.2 Å². The van der Waals surface area contributed by atoms with Crippen molar-refractivity contribution in [2.45, 2.75) is 32.8 Å². The number of methoxy groups -OCH3 is 1. The normalized spacial score (nSPS) is 17.3. The van der Waals surface area contributed by atoms with Gasteiger partial charge in [-0.25, -0.2) is 0 Å². The molecule has 0 fully saturated rings. The molecule has 0 radical (unpaired) electrons. The average Bonchev–Trinajstić information content (AvgIpc) is 2.65. The van der Waals surface area contributed by atoms with Crippen LogP contribution in [0.5, 0.6) is 17.2 Å². The molecule has 1 aliphatic rings. The van der Waals surface area contributed by atoms with Crippen LogP contribution in [-0.4, -0.2) is 23.1 Å². The molecule has 0 spiro atoms. The predicted octanol–water partition coefficient (Wildman–Crippen LogP) is 4.61. The van der Waals surface area contributed by atoms with Gasteiger partial charge < -0.3 is 19.8 Å². The number of oxime groups is 1. The number of hydrogen-bond acceptors (Lipinski definition) is 5. The Kier molecular flexibility index (Phi) is 5.16. The second kappa shape index (κ2) is 7.52. The van der Waals surface area contributed by atoms with E-state index >= 15 is 0 Å². The van der Waals surface area contributed by atoms with Gasteiger partial charge in [-0.3, -0.25) is 0 Å². The Hall–Kier alpha value is -2.95. The van der Waals surface area contributed by atoms with Crippen molar-refractivity contribution in [3.8, 4) is 17.2 Å². The predicted molar refractivity (Wildman–Crippen MR) is 101 cm³/mol. The largest absolute Gasteiger partial charge is 0.508 e. The maximum Gasteiger partial charge on any atom is 0.133 e. The van der Waals surface area contributed by atoms with Gasteiger partial charge in [-0.1, -0.05) is 28.9 Å². The highest BCUT2D eigenvalue weighted by Gasteiger charge is 2.28. The topological polar surface area (TPSA) is 71.3 Å². The van der Waals surface area contributed by atoms with Gasteiger partial charge in [0.25, 0.3) is 0 Å². The third-order valence-electron chi connectivity index (χ3n) is 4.46. The van der Waals surface area contributed by atoms with E-state index < -0.39 is 0 Å². The fourth-order valence-corrected chi connectivity index (χ4v) is 3.04. The number of nitrogens with zero attached hydrogens (tertiary/aromatic N) is 1. The van der Waals surface area contributed by atoms with Crippen LogP contribution in [0.3, 0.4) is 0 Å². The zero-order chi connectivity index (χ0) is 18.7. The SMILES string of the molecule is COc1cc2c(cc1CC=C(C)C)/C(=N/O)C[C@@H](c1ccc(O)cc1)O2. The second-order valence-electron chi connectivity index (χ2n) is 6.59. The molecule has 0 aliphatic carbocycles. The first-order valence-electron chi connectivity index (χ1n) is 8.53. The van der Waals surface area contributed by atoms with Crippen molar-refractivity contribution in [1.82, 2.24) is 0 Å². The molecular weight excluding hydrogens is 330 g/mol. The fraction of sp³-hybridized carbons (Fsp3) is 0.286. The van der Waals surface area contributed by atoms with E-state index in [2.05, 4.69) is 25.1 Å². The number of rotatable bonds is 4. The molecule has 2 N–H and O–H groups in total. The van der Waals surface area contributed by atoms with Crippen molar-refractivity contribution >= 4 is 5.71 Å². The first-order chi connectivity index (χ1) is 12.5. The molecular formula is C21H23NO4. The summed E-state index contributed by atoms with van der Waals surface area (Å²) >= 11 is 0. The number of phenols is 1. The highest BCUT2D eigenvalue weighted by Crippen LogP contribution is 2.39. The summed E-state index contributed by atoms with van der Waals surface area (Å²) in [7, 11) is 1.63. The van der Waals surface area contributed by atoms with E-state index in [1.54, 1.807) is 31.4 Å². The molecule has 3 rings (SSSR count). The van der Waals surface area contributed by atoms with Crippen molar-refractivity contribution in [2.24, 2.45) is 5.16 Å². The number of benzene rings is 2. The van der Waals surface area contributed by atoms with Gasteiger partial charge in [0, 0.05) is 18.1 Å². The van der Waals surface area contributed by atoms with E-state index in [4.69, 9.17) is 9.47 Å². The maximum atomic E-state index is 9.53. The summed E-state index contributed by atoms with van der Waals surface area (Å²) in [6.45, 7) is 4.10. The first kappa shape index (κ1) is 17.9. The number of phenolic OH excluding ortho intramolecular Hbond substituents is 1. The Labute approximate surface area is 153 Å². The maximum absolute atomic E-state index is 9.53. The lowest BCUT2D eigenvalue weighted by atomic mass is 9.93. The molecule has 5 heteroatoms. The minimum absolute atomic E-state index is 0.201. The van der Waals surface area contributed by atoms with Crippen LogP contribution in [0.1, 0.15) is 43.1 Å². The van der Waals surface area contributed by atoms with Crippen LogP contribution in [0, 0.1) is 0 Å². The van der Waals surface area contributed by atoms with Crippen LogP contribution >= 0.6 is 0 Å². The summed E-state index contributed by atoms with van der Waals surface area (Å²) in [5.41, 5.74) is 4.50. The minimum Gasteiger partial charge on any atom is -0.508 e. The number of aromatic hydroxyl groups is 1. The Bertz CT molecular complexity index is 849. The van der Waals surface area contributed by atoms with Gasteiger partial charge in [0.2, 0.25) is 0 Å². The zero-order valence-corrected chi connectivity index (χ0v) is 15.2. The van der Waals surface area contributed by atoms with Crippen LogP contribution in [0.25, 0.3) is 0 Å². The van der Waals surface area contributed by atoms with E-state index in [-0.39, 0.29) is 11.9 Å². The molecule has 2 aromatic carbocycles. The van der Waals surface area contributed by atoms with Gasteiger partial charge in [0.1, 0.15) is 23.4 Å². The van der Waals surface area contributed by atoms with Gasteiger partial charge in [-0.05, 0) is 49.6 Å². The molecule has 26 heavy (non-hydrogen) atoms. The number of ether oxygens (including phenoxy) is 2. The molecule has 1 aliphatic heterocycles. The lowest BCUT2D eigenvalue weighted by molar-refractivity contribution is 0.202. The van der Waals surface area contributed by atoms with E-state index in [1.165, 1.54) is 5.57 Å². The van der Waals surface area contributed by atoms with Crippen LogP contribution in [0.2, 0.25) is 0 Å². The van der Waals surface area contributed by atoms with Crippen molar-refractivity contribution in [3.05, 3.63) is 64.7 Å². The number of fused-ring (bicyclic) bond motifs is 1. The molecule has 136 valence electrons. The fourth-order valence-electron chi connectivity index (χ4n) is 3.04. The third kappa shape index (κ3) is 3.67. The van der Waals surface area contributed by atoms with Crippen molar-refractivity contribution in [3.63, 3.8) is 0 Å². The molecule has 0 saturated carbocycles. The molecule has 2 aromatic rings. The lowest BCUT2D eigenvalue weighted by Gasteiger charge is -2.28. The Morgan fingerprint density at radius 1 is 1.27 bits per heavy atom. The number of allylic oxidation sites excluding steroid dienone is 2. The second-order valence-corrected chi connectivity index (χ2v) is 6.59. The van der Waals surface area contributed by atoms with E-state index in [9.17, 15) is 10.3 Å². The molecule has 5 nitrogen and oxygen atoms in total. The van der Waals surface area contributed by atoms with E-state index in [1.807, 2.05) is 12.1 Å². The highest BCUT2D eigenvalue weighted by molar-refractivity contribution is 6.04. The average molecular weight is 353 g/mol. The van der Waals surface area contributed by atoms with E-state index in [0.29, 0.717) is 17.9 Å². The minimum atomic E-state index is -0.290. The summed E-state index contributed by atoms with van der Waals surface area (Å²) in [6, 6.07) is 10.7. The van der Waals surface area contributed by atoms with Gasteiger partial charge >= 0.3 is 0 Å². The monoisotopic (exact) mass is 353 g/mol. The molecule has 0 saturated heterocycles. The van der Waals surface area contributed by atoms with Gasteiger partial charge in [0.05, 0.1) is 12.8 Å². The van der Waals surface area contributed by atoms with Crippen LogP contribution in [0.4, 0.5) is 0 Å². The highest BCUT2D eigenvalue weighted by atomic mass is 16.5. The van der Waals surface area contributed by atoms with Crippen LogP contribution in [-0.2, 0) is 6.42 Å². The van der Waals surface area contributed by atoms with Crippen LogP contribution < -0.4 is 9.47 Å².